The lowest BCUT2D eigenvalue weighted by atomic mass is 10.0. The molecule has 0 radical (unpaired) electrons. The summed E-state index contributed by atoms with van der Waals surface area (Å²) in [6.07, 6.45) is 2.32. The number of nitrogens with one attached hydrogen (secondary N) is 2. The number of hydrogen-bond donors (Lipinski definition) is 2. The van der Waals surface area contributed by atoms with Crippen molar-refractivity contribution < 1.29 is 14.3 Å². The molecule has 2 atom stereocenters. The van der Waals surface area contributed by atoms with E-state index in [9.17, 15) is 9.59 Å². The molecule has 0 aliphatic carbocycles. The molecule has 1 heterocycles. The van der Waals surface area contributed by atoms with Crippen LogP contribution in [-0.2, 0) is 14.3 Å². The van der Waals surface area contributed by atoms with Crippen molar-refractivity contribution in [2.45, 2.75) is 38.3 Å². The van der Waals surface area contributed by atoms with Crippen molar-refractivity contribution in [1.29, 1.82) is 0 Å². The van der Waals surface area contributed by atoms with Gasteiger partial charge in [-0.25, -0.2) is 0 Å². The average Bonchev–Trinajstić information content (AvgIpc) is 2.98. The van der Waals surface area contributed by atoms with Crippen LogP contribution in [0.2, 0.25) is 5.02 Å². The van der Waals surface area contributed by atoms with Gasteiger partial charge in [0.15, 0.2) is 0 Å². The first-order valence-electron chi connectivity index (χ1n) is 7.45. The molecule has 0 saturated carbocycles. The fourth-order valence-corrected chi connectivity index (χ4v) is 2.61. The molecule has 2 rings (SSSR count). The smallest absolute Gasteiger partial charge is 0.222 e. The zero-order valence-corrected chi connectivity index (χ0v) is 13.4. The van der Waals surface area contributed by atoms with Crippen molar-refractivity contribution in [3.8, 4) is 0 Å². The van der Waals surface area contributed by atoms with Gasteiger partial charge in [0.05, 0.1) is 18.6 Å². The Labute approximate surface area is 135 Å². The molecule has 5 nitrogen and oxygen atoms in total. The van der Waals surface area contributed by atoms with Crippen molar-refractivity contribution in [2.75, 3.05) is 13.2 Å². The topological polar surface area (TPSA) is 67.4 Å². The third kappa shape index (κ3) is 5.31. The number of rotatable bonds is 6. The van der Waals surface area contributed by atoms with Crippen LogP contribution in [0.25, 0.3) is 0 Å². The molecule has 1 aromatic rings. The number of carbonyl (C=O) groups is 2. The van der Waals surface area contributed by atoms with Gasteiger partial charge in [0.1, 0.15) is 0 Å². The third-order valence-electron chi connectivity index (χ3n) is 3.59. The highest BCUT2D eigenvalue weighted by Crippen LogP contribution is 2.19. The van der Waals surface area contributed by atoms with E-state index >= 15 is 0 Å². The summed E-state index contributed by atoms with van der Waals surface area (Å²) in [5, 5.41) is 6.29. The monoisotopic (exact) mass is 324 g/mol. The van der Waals surface area contributed by atoms with E-state index < -0.39 is 0 Å². The first-order valence-corrected chi connectivity index (χ1v) is 7.83. The highest BCUT2D eigenvalue weighted by Gasteiger charge is 2.19. The lowest BCUT2D eigenvalue weighted by molar-refractivity contribution is -0.123. The second-order valence-electron chi connectivity index (χ2n) is 5.45. The maximum absolute atomic E-state index is 12.1. The molecule has 1 aliphatic heterocycles. The largest absolute Gasteiger partial charge is 0.376 e. The second kappa shape index (κ2) is 8.15. The molecule has 2 amide bonds. The van der Waals surface area contributed by atoms with E-state index in [4.69, 9.17) is 16.3 Å². The van der Waals surface area contributed by atoms with E-state index in [1.54, 1.807) is 12.1 Å². The van der Waals surface area contributed by atoms with Crippen molar-refractivity contribution in [3.63, 3.8) is 0 Å². The molecular formula is C16H21ClN2O3. The first kappa shape index (κ1) is 16.8. The molecular weight excluding hydrogens is 304 g/mol. The molecule has 1 aliphatic rings. The van der Waals surface area contributed by atoms with Gasteiger partial charge < -0.3 is 15.4 Å². The Bertz CT molecular complexity index is 513. The van der Waals surface area contributed by atoms with Crippen molar-refractivity contribution in [1.82, 2.24) is 10.6 Å². The summed E-state index contributed by atoms with van der Waals surface area (Å²) < 4.78 is 5.47. The molecule has 1 saturated heterocycles. The number of carbonyl (C=O) groups excluding carboxylic acids is 2. The number of hydrogen-bond acceptors (Lipinski definition) is 3. The maximum Gasteiger partial charge on any atom is 0.222 e. The Morgan fingerprint density at radius 3 is 2.68 bits per heavy atom. The van der Waals surface area contributed by atoms with Crippen molar-refractivity contribution >= 4 is 23.4 Å². The Morgan fingerprint density at radius 2 is 2.09 bits per heavy atom. The van der Waals surface area contributed by atoms with Crippen LogP contribution < -0.4 is 10.6 Å². The third-order valence-corrected chi connectivity index (χ3v) is 3.84. The number of amides is 2. The van der Waals surface area contributed by atoms with Gasteiger partial charge >= 0.3 is 0 Å². The van der Waals surface area contributed by atoms with Crippen molar-refractivity contribution in [2.24, 2.45) is 0 Å². The molecule has 22 heavy (non-hydrogen) atoms. The Kier molecular flexibility index (Phi) is 6.21. The van der Waals surface area contributed by atoms with E-state index in [2.05, 4.69) is 10.6 Å². The number of halogens is 1. The van der Waals surface area contributed by atoms with Gasteiger partial charge in [0, 0.05) is 25.1 Å². The highest BCUT2D eigenvalue weighted by atomic mass is 35.5. The van der Waals surface area contributed by atoms with E-state index in [1.807, 2.05) is 12.1 Å². The minimum atomic E-state index is -0.362. The molecule has 1 fully saturated rings. The average molecular weight is 325 g/mol. The van der Waals surface area contributed by atoms with E-state index in [-0.39, 0.29) is 30.4 Å². The SMILES string of the molecule is CC(=O)N[C@H](CC(=O)NC[C@H]1CCCO1)c1ccc(Cl)cc1. The fourth-order valence-electron chi connectivity index (χ4n) is 2.48. The quantitative estimate of drug-likeness (QED) is 0.843. The van der Waals surface area contributed by atoms with Crippen LogP contribution in [0.15, 0.2) is 24.3 Å². The summed E-state index contributed by atoms with van der Waals surface area (Å²) in [4.78, 5) is 23.4. The van der Waals surface area contributed by atoms with Gasteiger partial charge in [0.2, 0.25) is 11.8 Å². The van der Waals surface area contributed by atoms with Crippen molar-refractivity contribution in [3.05, 3.63) is 34.9 Å². The highest BCUT2D eigenvalue weighted by molar-refractivity contribution is 6.30. The lowest BCUT2D eigenvalue weighted by Gasteiger charge is -2.19. The van der Waals surface area contributed by atoms with E-state index in [1.165, 1.54) is 6.92 Å². The van der Waals surface area contributed by atoms with E-state index in [0.29, 0.717) is 11.6 Å². The van der Waals surface area contributed by atoms with Gasteiger partial charge in [-0.3, -0.25) is 9.59 Å². The van der Waals surface area contributed by atoms with Gasteiger partial charge in [-0.1, -0.05) is 23.7 Å². The second-order valence-corrected chi connectivity index (χ2v) is 5.88. The molecule has 0 unspecified atom stereocenters. The minimum Gasteiger partial charge on any atom is -0.376 e. The van der Waals surface area contributed by atoms with Gasteiger partial charge in [-0.05, 0) is 30.5 Å². The molecule has 0 bridgehead atoms. The van der Waals surface area contributed by atoms with Gasteiger partial charge in [-0.15, -0.1) is 0 Å². The summed E-state index contributed by atoms with van der Waals surface area (Å²) in [5.74, 6) is -0.281. The normalized spacial score (nSPS) is 18.7. The van der Waals surface area contributed by atoms with Crippen LogP contribution in [0, 0.1) is 0 Å². The summed E-state index contributed by atoms with van der Waals surface area (Å²) in [5.41, 5.74) is 0.854. The van der Waals surface area contributed by atoms with Crippen LogP contribution in [0.1, 0.15) is 37.8 Å². The molecule has 0 spiro atoms. The summed E-state index contributed by atoms with van der Waals surface area (Å²) in [6, 6.07) is 6.76. The van der Waals surface area contributed by atoms with Gasteiger partial charge in [0.25, 0.3) is 0 Å². The number of benzene rings is 1. The number of ether oxygens (including phenoxy) is 1. The first-order chi connectivity index (χ1) is 10.5. The van der Waals surface area contributed by atoms with E-state index in [0.717, 1.165) is 25.0 Å². The minimum absolute atomic E-state index is 0.107. The lowest BCUT2D eigenvalue weighted by Crippen LogP contribution is -2.36. The predicted molar refractivity (Wildman–Crippen MR) is 84.6 cm³/mol. The summed E-state index contributed by atoms with van der Waals surface area (Å²) in [6.45, 7) is 2.72. The summed E-state index contributed by atoms with van der Waals surface area (Å²) in [7, 11) is 0. The standard InChI is InChI=1S/C16H21ClN2O3/c1-11(20)19-15(12-4-6-13(17)7-5-12)9-16(21)18-10-14-3-2-8-22-14/h4-7,14-15H,2-3,8-10H2,1H3,(H,18,21)(H,19,20)/t14-,15-/m1/s1. The molecule has 2 N–H and O–H groups in total. The Hall–Kier alpha value is -1.59. The van der Waals surface area contributed by atoms with Crippen LogP contribution in [0.5, 0.6) is 0 Å². The van der Waals surface area contributed by atoms with Crippen LogP contribution >= 0.6 is 11.6 Å². The predicted octanol–water partition coefficient (Wildman–Crippen LogP) is 2.20. The zero-order valence-electron chi connectivity index (χ0n) is 12.6. The fraction of sp³-hybridized carbons (Fsp3) is 0.500. The Morgan fingerprint density at radius 1 is 1.36 bits per heavy atom. The van der Waals surface area contributed by atoms with Crippen LogP contribution in [0.4, 0.5) is 0 Å². The molecule has 120 valence electrons. The van der Waals surface area contributed by atoms with Crippen LogP contribution in [-0.4, -0.2) is 31.1 Å². The maximum atomic E-state index is 12.1. The molecule has 1 aromatic carbocycles. The zero-order chi connectivity index (χ0) is 15.9. The van der Waals surface area contributed by atoms with Crippen LogP contribution in [0.3, 0.4) is 0 Å². The summed E-state index contributed by atoms with van der Waals surface area (Å²) >= 11 is 5.87. The molecule has 0 aromatic heterocycles. The Balaban J connectivity index is 1.91. The molecule has 6 heteroatoms. The van der Waals surface area contributed by atoms with Gasteiger partial charge in [-0.2, -0.15) is 0 Å².